The van der Waals surface area contributed by atoms with Crippen LogP contribution in [0.5, 0.6) is 11.5 Å². The summed E-state index contributed by atoms with van der Waals surface area (Å²) in [7, 11) is 2.17. The number of hydrogen-bond donors (Lipinski definition) is 0. The quantitative estimate of drug-likeness (QED) is 0.780. The van der Waals surface area contributed by atoms with Gasteiger partial charge in [0, 0.05) is 45.0 Å². The van der Waals surface area contributed by atoms with Crippen molar-refractivity contribution in [1.29, 1.82) is 0 Å². The summed E-state index contributed by atoms with van der Waals surface area (Å²) in [5, 5.41) is 0. The summed E-state index contributed by atoms with van der Waals surface area (Å²) in [6, 6.07) is 13.6. The predicted molar refractivity (Wildman–Crippen MR) is 94.4 cm³/mol. The maximum absolute atomic E-state index is 5.88. The summed E-state index contributed by atoms with van der Waals surface area (Å²) in [5.41, 5.74) is 0.916. The van der Waals surface area contributed by atoms with Gasteiger partial charge in [0.15, 0.2) is 0 Å². The lowest BCUT2D eigenvalue weighted by Gasteiger charge is -2.32. The van der Waals surface area contributed by atoms with E-state index in [9.17, 15) is 0 Å². The average Bonchev–Trinajstić information content (AvgIpc) is 2.63. The fraction of sp³-hybridized carbons (Fsp3) is 0.421. The van der Waals surface area contributed by atoms with Crippen molar-refractivity contribution in [2.75, 3.05) is 46.4 Å². The fourth-order valence-electron chi connectivity index (χ4n) is 2.66. The summed E-state index contributed by atoms with van der Waals surface area (Å²) < 4.78 is 11.7. The van der Waals surface area contributed by atoms with E-state index < -0.39 is 0 Å². The Hall–Kier alpha value is -2.11. The molecule has 1 saturated heterocycles. The molecule has 0 bridgehead atoms. The molecule has 1 fully saturated rings. The number of benzene rings is 1. The standard InChI is InChI=1S/C19H25N3O2/c1-21-9-11-22(12-10-21)13-14-23-18-6-4-7-19(15-18)24-16-17-5-2-3-8-20-17/h2-8,15H,9-14,16H2,1H3. The maximum Gasteiger partial charge on any atom is 0.130 e. The third kappa shape index (κ3) is 5.22. The van der Waals surface area contributed by atoms with Crippen LogP contribution in [-0.2, 0) is 6.61 Å². The minimum atomic E-state index is 0.464. The first-order valence-corrected chi connectivity index (χ1v) is 8.46. The largest absolute Gasteiger partial charge is 0.492 e. The Balaban J connectivity index is 1.43. The topological polar surface area (TPSA) is 37.8 Å². The van der Waals surface area contributed by atoms with E-state index in [1.807, 2.05) is 42.5 Å². The van der Waals surface area contributed by atoms with E-state index in [0.717, 1.165) is 49.9 Å². The molecule has 1 aromatic carbocycles. The second-order valence-electron chi connectivity index (χ2n) is 6.08. The van der Waals surface area contributed by atoms with Gasteiger partial charge in [-0.3, -0.25) is 9.88 Å². The maximum atomic E-state index is 5.88. The van der Waals surface area contributed by atoms with E-state index >= 15 is 0 Å². The molecule has 0 N–H and O–H groups in total. The zero-order valence-electron chi connectivity index (χ0n) is 14.2. The number of hydrogen-bond acceptors (Lipinski definition) is 5. The molecule has 1 aromatic heterocycles. The summed E-state index contributed by atoms with van der Waals surface area (Å²) in [6.45, 7) is 6.64. The van der Waals surface area contributed by atoms with Gasteiger partial charge < -0.3 is 14.4 Å². The van der Waals surface area contributed by atoms with Gasteiger partial charge in [0.05, 0.1) is 5.69 Å². The highest BCUT2D eigenvalue weighted by Crippen LogP contribution is 2.20. The molecule has 3 rings (SSSR count). The van der Waals surface area contributed by atoms with Crippen LogP contribution in [0.4, 0.5) is 0 Å². The molecule has 1 aliphatic heterocycles. The number of nitrogens with zero attached hydrogens (tertiary/aromatic N) is 3. The highest BCUT2D eigenvalue weighted by molar-refractivity contribution is 5.33. The van der Waals surface area contributed by atoms with Crippen LogP contribution in [0.1, 0.15) is 5.69 Å². The van der Waals surface area contributed by atoms with Crippen LogP contribution >= 0.6 is 0 Å². The van der Waals surface area contributed by atoms with Gasteiger partial charge in [-0.25, -0.2) is 0 Å². The van der Waals surface area contributed by atoms with E-state index in [1.54, 1.807) is 6.20 Å². The molecule has 0 aliphatic carbocycles. The number of pyridine rings is 1. The van der Waals surface area contributed by atoms with E-state index in [1.165, 1.54) is 0 Å². The summed E-state index contributed by atoms with van der Waals surface area (Å²) in [6.07, 6.45) is 1.77. The van der Waals surface area contributed by atoms with Crippen molar-refractivity contribution in [3.8, 4) is 11.5 Å². The van der Waals surface area contributed by atoms with Crippen molar-refractivity contribution in [3.63, 3.8) is 0 Å². The van der Waals surface area contributed by atoms with Gasteiger partial charge in [0.1, 0.15) is 24.7 Å². The molecule has 2 heterocycles. The van der Waals surface area contributed by atoms with Crippen LogP contribution < -0.4 is 9.47 Å². The molecule has 1 aliphatic rings. The normalized spacial score (nSPS) is 16.0. The molecule has 128 valence electrons. The molecular formula is C19H25N3O2. The van der Waals surface area contributed by atoms with E-state index in [-0.39, 0.29) is 0 Å². The number of aromatic nitrogens is 1. The van der Waals surface area contributed by atoms with Crippen molar-refractivity contribution in [3.05, 3.63) is 54.4 Å². The molecule has 0 amide bonds. The van der Waals surface area contributed by atoms with Crippen LogP contribution in [0.2, 0.25) is 0 Å². The molecule has 2 aromatic rings. The Kier molecular flexibility index (Phi) is 6.04. The summed E-state index contributed by atoms with van der Waals surface area (Å²) >= 11 is 0. The van der Waals surface area contributed by atoms with Crippen LogP contribution in [0.3, 0.4) is 0 Å². The van der Waals surface area contributed by atoms with Gasteiger partial charge in [-0.15, -0.1) is 0 Å². The van der Waals surface area contributed by atoms with Crippen molar-refractivity contribution < 1.29 is 9.47 Å². The monoisotopic (exact) mass is 327 g/mol. The lowest BCUT2D eigenvalue weighted by atomic mass is 10.3. The van der Waals surface area contributed by atoms with Crippen LogP contribution in [0.15, 0.2) is 48.7 Å². The number of ether oxygens (including phenoxy) is 2. The first-order chi connectivity index (χ1) is 11.8. The molecule has 0 unspecified atom stereocenters. The highest BCUT2D eigenvalue weighted by atomic mass is 16.5. The smallest absolute Gasteiger partial charge is 0.130 e. The Labute approximate surface area is 143 Å². The molecule has 5 nitrogen and oxygen atoms in total. The van der Waals surface area contributed by atoms with Crippen molar-refractivity contribution in [2.45, 2.75) is 6.61 Å². The fourth-order valence-corrected chi connectivity index (χ4v) is 2.66. The lowest BCUT2D eigenvalue weighted by Crippen LogP contribution is -2.45. The number of likely N-dealkylation sites (N-methyl/N-ethyl adjacent to an activating group) is 1. The van der Waals surface area contributed by atoms with Gasteiger partial charge in [-0.1, -0.05) is 12.1 Å². The van der Waals surface area contributed by atoms with Gasteiger partial charge in [-0.2, -0.15) is 0 Å². The average molecular weight is 327 g/mol. The lowest BCUT2D eigenvalue weighted by molar-refractivity contribution is 0.133. The number of piperazine rings is 1. The first kappa shape index (κ1) is 16.7. The third-order valence-corrected chi connectivity index (χ3v) is 4.19. The molecule has 0 atom stereocenters. The zero-order valence-corrected chi connectivity index (χ0v) is 14.2. The van der Waals surface area contributed by atoms with Crippen LogP contribution in [-0.4, -0.2) is 61.2 Å². The van der Waals surface area contributed by atoms with Gasteiger partial charge in [-0.05, 0) is 31.3 Å². The zero-order chi connectivity index (χ0) is 16.6. The Morgan fingerprint density at radius 2 is 1.75 bits per heavy atom. The van der Waals surface area contributed by atoms with Crippen molar-refractivity contribution >= 4 is 0 Å². The van der Waals surface area contributed by atoms with Crippen molar-refractivity contribution in [1.82, 2.24) is 14.8 Å². The Bertz CT molecular complexity index is 613. The van der Waals surface area contributed by atoms with Crippen molar-refractivity contribution in [2.24, 2.45) is 0 Å². The van der Waals surface area contributed by atoms with E-state index in [2.05, 4.69) is 21.8 Å². The molecular weight excluding hydrogens is 302 g/mol. The van der Waals surface area contributed by atoms with Gasteiger partial charge in [0.2, 0.25) is 0 Å². The first-order valence-electron chi connectivity index (χ1n) is 8.46. The molecule has 0 spiro atoms. The number of rotatable bonds is 7. The minimum absolute atomic E-state index is 0.464. The second kappa shape index (κ2) is 8.66. The second-order valence-corrected chi connectivity index (χ2v) is 6.08. The Morgan fingerprint density at radius 1 is 0.958 bits per heavy atom. The SMILES string of the molecule is CN1CCN(CCOc2cccc(OCc3ccccn3)c2)CC1. The third-order valence-electron chi connectivity index (χ3n) is 4.19. The molecule has 0 radical (unpaired) electrons. The predicted octanol–water partition coefficient (Wildman–Crippen LogP) is 2.29. The summed E-state index contributed by atoms with van der Waals surface area (Å²) in [4.78, 5) is 9.06. The van der Waals surface area contributed by atoms with E-state index in [0.29, 0.717) is 13.2 Å². The highest BCUT2D eigenvalue weighted by Gasteiger charge is 2.13. The molecule has 24 heavy (non-hydrogen) atoms. The van der Waals surface area contributed by atoms with Crippen LogP contribution in [0, 0.1) is 0 Å². The minimum Gasteiger partial charge on any atom is -0.492 e. The molecule has 0 saturated carbocycles. The van der Waals surface area contributed by atoms with Crippen LogP contribution in [0.25, 0.3) is 0 Å². The molecule has 5 heteroatoms. The van der Waals surface area contributed by atoms with Gasteiger partial charge in [0.25, 0.3) is 0 Å². The van der Waals surface area contributed by atoms with E-state index in [4.69, 9.17) is 9.47 Å². The Morgan fingerprint density at radius 3 is 2.50 bits per heavy atom. The summed E-state index contributed by atoms with van der Waals surface area (Å²) in [5.74, 6) is 1.65. The van der Waals surface area contributed by atoms with Gasteiger partial charge >= 0.3 is 0 Å².